The molecule has 3 aromatic heterocycles. The third kappa shape index (κ3) is 4.01. The van der Waals surface area contributed by atoms with Crippen LogP contribution in [0.4, 0.5) is 5.69 Å². The molecule has 2 aromatic carbocycles. The first-order valence-corrected chi connectivity index (χ1v) is 11.7. The summed E-state index contributed by atoms with van der Waals surface area (Å²) in [6.45, 7) is 4.16. The largest absolute Gasteiger partial charge is 0.325 e. The molecule has 0 saturated heterocycles. The number of halogens is 1. The van der Waals surface area contributed by atoms with Gasteiger partial charge in [0.05, 0.1) is 11.4 Å². The van der Waals surface area contributed by atoms with E-state index in [2.05, 4.69) is 63.5 Å². The van der Waals surface area contributed by atoms with E-state index in [0.717, 1.165) is 26.9 Å². The number of anilines is 1. The van der Waals surface area contributed by atoms with Gasteiger partial charge in [0.25, 0.3) is 0 Å². The Bertz CT molecular complexity index is 1460. The summed E-state index contributed by atoms with van der Waals surface area (Å²) in [5, 5.41) is 16.9. The summed E-state index contributed by atoms with van der Waals surface area (Å²) < 4.78 is 4.67. The van der Waals surface area contributed by atoms with Crippen LogP contribution in [0.5, 0.6) is 0 Å². The topological polar surface area (TPSA) is 76.6 Å². The van der Waals surface area contributed by atoms with Gasteiger partial charge < -0.3 is 5.32 Å². The number of carbonyl (C=O) groups is 1. The van der Waals surface area contributed by atoms with E-state index in [1.165, 1.54) is 22.9 Å². The number of thioether (sulfide) groups is 1. The van der Waals surface area contributed by atoms with Gasteiger partial charge in [-0.25, -0.2) is 4.52 Å². The van der Waals surface area contributed by atoms with Crippen LogP contribution in [0.2, 0.25) is 0 Å². The van der Waals surface area contributed by atoms with Crippen molar-refractivity contribution in [2.45, 2.75) is 19.0 Å². The highest BCUT2D eigenvalue weighted by Gasteiger charge is 2.15. The highest BCUT2D eigenvalue weighted by Crippen LogP contribution is 2.27. The van der Waals surface area contributed by atoms with Gasteiger partial charge in [-0.3, -0.25) is 9.20 Å². The van der Waals surface area contributed by atoms with Gasteiger partial charge in [-0.1, -0.05) is 45.4 Å². The maximum Gasteiger partial charge on any atom is 0.234 e. The minimum absolute atomic E-state index is 0.100. The standard InChI is InChI=1S/C23H19BrN6OS/c1-14-3-4-15(2)18(11-14)19-12-20-22-26-27-23(29(22)9-10-30(20)28-19)32-13-21(31)25-17-7-5-16(24)6-8-17/h3-12H,13H2,1-2H3,(H,25,31). The summed E-state index contributed by atoms with van der Waals surface area (Å²) >= 11 is 4.73. The lowest BCUT2D eigenvalue weighted by atomic mass is 10.0. The zero-order valence-corrected chi connectivity index (χ0v) is 19.8. The minimum atomic E-state index is -0.100. The van der Waals surface area contributed by atoms with Crippen molar-refractivity contribution in [1.82, 2.24) is 24.2 Å². The van der Waals surface area contributed by atoms with Crippen molar-refractivity contribution in [3.8, 4) is 11.3 Å². The number of carbonyl (C=O) groups excluding carboxylic acids is 1. The van der Waals surface area contributed by atoms with Crippen molar-refractivity contribution in [3.63, 3.8) is 0 Å². The van der Waals surface area contributed by atoms with Crippen molar-refractivity contribution in [2.24, 2.45) is 0 Å². The van der Waals surface area contributed by atoms with Crippen molar-refractivity contribution in [3.05, 3.63) is 76.5 Å². The fraction of sp³-hybridized carbons (Fsp3) is 0.130. The lowest BCUT2D eigenvalue weighted by Gasteiger charge is -2.04. The second kappa shape index (κ2) is 8.40. The van der Waals surface area contributed by atoms with E-state index < -0.39 is 0 Å². The number of amides is 1. The molecule has 0 unspecified atom stereocenters. The fourth-order valence-electron chi connectivity index (χ4n) is 3.49. The number of benzene rings is 2. The summed E-state index contributed by atoms with van der Waals surface area (Å²) in [5.41, 5.74) is 6.68. The van der Waals surface area contributed by atoms with Crippen LogP contribution < -0.4 is 5.32 Å². The molecule has 0 aliphatic rings. The molecule has 5 rings (SSSR count). The van der Waals surface area contributed by atoms with Gasteiger partial charge >= 0.3 is 0 Å². The zero-order valence-electron chi connectivity index (χ0n) is 17.4. The number of aryl methyl sites for hydroxylation is 2. The quantitative estimate of drug-likeness (QED) is 0.333. The van der Waals surface area contributed by atoms with Crippen LogP contribution in [0.1, 0.15) is 11.1 Å². The van der Waals surface area contributed by atoms with Gasteiger partial charge in [0.2, 0.25) is 5.91 Å². The molecule has 0 saturated carbocycles. The summed E-state index contributed by atoms with van der Waals surface area (Å²) in [7, 11) is 0. The molecule has 1 amide bonds. The molecule has 9 heteroatoms. The molecular formula is C23H19BrN6OS. The van der Waals surface area contributed by atoms with E-state index in [1.807, 2.05) is 51.6 Å². The van der Waals surface area contributed by atoms with E-state index in [-0.39, 0.29) is 11.7 Å². The fourth-order valence-corrected chi connectivity index (χ4v) is 4.47. The Labute approximate surface area is 197 Å². The first-order valence-electron chi connectivity index (χ1n) is 9.97. The van der Waals surface area contributed by atoms with Crippen LogP contribution in [-0.4, -0.2) is 35.9 Å². The van der Waals surface area contributed by atoms with Crippen molar-refractivity contribution in [1.29, 1.82) is 0 Å². The number of nitrogens with zero attached hydrogens (tertiary/aromatic N) is 5. The normalized spacial score (nSPS) is 11.3. The first-order chi connectivity index (χ1) is 15.5. The molecule has 0 aliphatic carbocycles. The van der Waals surface area contributed by atoms with Crippen LogP contribution in [0, 0.1) is 13.8 Å². The molecule has 32 heavy (non-hydrogen) atoms. The third-order valence-electron chi connectivity index (χ3n) is 5.12. The molecule has 5 aromatic rings. The van der Waals surface area contributed by atoms with Gasteiger partial charge in [0, 0.05) is 28.1 Å². The summed E-state index contributed by atoms with van der Waals surface area (Å²) in [5.74, 6) is 0.131. The number of rotatable bonds is 5. The predicted octanol–water partition coefficient (Wildman–Crippen LogP) is 5.15. The van der Waals surface area contributed by atoms with Crippen LogP contribution >= 0.6 is 27.7 Å². The SMILES string of the molecule is Cc1ccc(C)c(-c2cc3c4nnc(SCC(=O)Nc5ccc(Br)cc5)n4ccn3n2)c1. The molecule has 0 fully saturated rings. The number of hydrogen-bond donors (Lipinski definition) is 1. The Morgan fingerprint density at radius 3 is 2.69 bits per heavy atom. The Morgan fingerprint density at radius 1 is 1.06 bits per heavy atom. The first kappa shape index (κ1) is 20.7. The molecule has 0 radical (unpaired) electrons. The van der Waals surface area contributed by atoms with Crippen molar-refractivity contribution >= 4 is 50.5 Å². The highest BCUT2D eigenvalue weighted by atomic mass is 79.9. The van der Waals surface area contributed by atoms with Gasteiger partial charge in [0.15, 0.2) is 10.8 Å². The lowest BCUT2D eigenvalue weighted by molar-refractivity contribution is -0.113. The van der Waals surface area contributed by atoms with Gasteiger partial charge in [0.1, 0.15) is 5.52 Å². The molecule has 1 N–H and O–H groups in total. The number of nitrogens with one attached hydrogen (secondary N) is 1. The number of fused-ring (bicyclic) bond motifs is 3. The van der Waals surface area contributed by atoms with Crippen LogP contribution in [0.15, 0.2) is 70.6 Å². The Balaban J connectivity index is 1.39. The zero-order chi connectivity index (χ0) is 22.2. The van der Waals surface area contributed by atoms with Crippen molar-refractivity contribution < 1.29 is 4.79 Å². The molecule has 0 bridgehead atoms. The smallest absolute Gasteiger partial charge is 0.234 e. The van der Waals surface area contributed by atoms with E-state index >= 15 is 0 Å². The number of aromatic nitrogens is 5. The minimum Gasteiger partial charge on any atom is -0.325 e. The maximum atomic E-state index is 12.3. The van der Waals surface area contributed by atoms with E-state index in [0.29, 0.717) is 10.8 Å². The molecule has 7 nitrogen and oxygen atoms in total. The second-order valence-electron chi connectivity index (χ2n) is 7.50. The average molecular weight is 507 g/mol. The average Bonchev–Trinajstić information content (AvgIpc) is 3.39. The molecular weight excluding hydrogens is 488 g/mol. The molecule has 160 valence electrons. The van der Waals surface area contributed by atoms with Crippen molar-refractivity contribution in [2.75, 3.05) is 11.1 Å². The van der Waals surface area contributed by atoms with Gasteiger partial charge in [-0.2, -0.15) is 5.10 Å². The second-order valence-corrected chi connectivity index (χ2v) is 9.35. The maximum absolute atomic E-state index is 12.3. The molecule has 0 spiro atoms. The van der Waals surface area contributed by atoms with E-state index in [1.54, 1.807) is 0 Å². The molecule has 0 aliphatic heterocycles. The van der Waals surface area contributed by atoms with E-state index in [9.17, 15) is 4.79 Å². The van der Waals surface area contributed by atoms with E-state index in [4.69, 9.17) is 5.10 Å². The summed E-state index contributed by atoms with van der Waals surface area (Å²) in [4.78, 5) is 12.3. The summed E-state index contributed by atoms with van der Waals surface area (Å²) in [6, 6.07) is 15.9. The predicted molar refractivity (Wildman–Crippen MR) is 130 cm³/mol. The lowest BCUT2D eigenvalue weighted by Crippen LogP contribution is -2.14. The van der Waals surface area contributed by atoms with Crippen LogP contribution in [0.25, 0.3) is 22.4 Å². The Kier molecular flexibility index (Phi) is 5.44. The molecule has 0 atom stereocenters. The Morgan fingerprint density at radius 2 is 1.88 bits per heavy atom. The monoisotopic (exact) mass is 506 g/mol. The number of hydrogen-bond acceptors (Lipinski definition) is 5. The van der Waals surface area contributed by atoms with Crippen LogP contribution in [0.3, 0.4) is 0 Å². The molecule has 3 heterocycles. The highest BCUT2D eigenvalue weighted by molar-refractivity contribution is 9.10. The van der Waals surface area contributed by atoms with Crippen LogP contribution in [-0.2, 0) is 4.79 Å². The van der Waals surface area contributed by atoms with Gasteiger partial charge in [-0.15, -0.1) is 10.2 Å². The third-order valence-corrected chi connectivity index (χ3v) is 6.59. The Hall–Kier alpha value is -3.17. The van der Waals surface area contributed by atoms with Gasteiger partial charge in [-0.05, 0) is 55.8 Å². The summed E-state index contributed by atoms with van der Waals surface area (Å²) in [6.07, 6.45) is 3.75.